The quantitative estimate of drug-likeness (QED) is 0.371. The van der Waals surface area contributed by atoms with Gasteiger partial charge in [0.2, 0.25) is 0 Å². The summed E-state index contributed by atoms with van der Waals surface area (Å²) in [5.74, 6) is 0.265. The van der Waals surface area contributed by atoms with Crippen molar-refractivity contribution < 1.29 is 4.39 Å². The summed E-state index contributed by atoms with van der Waals surface area (Å²) in [6.45, 7) is 7.63. The first-order valence-electron chi connectivity index (χ1n) is 8.17. The Bertz CT molecular complexity index is 778. The summed E-state index contributed by atoms with van der Waals surface area (Å²) in [6, 6.07) is 6.31. The van der Waals surface area contributed by atoms with Crippen LogP contribution in [0.3, 0.4) is 0 Å². The third-order valence-corrected chi connectivity index (χ3v) is 4.76. The van der Waals surface area contributed by atoms with Crippen molar-refractivity contribution in [3.05, 3.63) is 50.7 Å². The zero-order valence-electron chi connectivity index (χ0n) is 15.1. The molecule has 0 unspecified atom stereocenters. The van der Waals surface area contributed by atoms with Crippen LogP contribution in [-0.4, -0.2) is 24.0 Å². The van der Waals surface area contributed by atoms with Crippen LogP contribution in [0.4, 0.5) is 4.39 Å². The molecule has 2 rings (SSSR count). The summed E-state index contributed by atoms with van der Waals surface area (Å²) in [7, 11) is 0. The minimum absolute atomic E-state index is 0. The Hall–Kier alpha value is -1.73. The molecule has 8 heteroatoms. The second kappa shape index (κ2) is 11.1. The number of nitriles is 1. The number of guanidine groups is 1. The molecule has 0 saturated carbocycles. The van der Waals surface area contributed by atoms with Crippen LogP contribution in [-0.2, 0) is 13.0 Å². The van der Waals surface area contributed by atoms with E-state index < -0.39 is 0 Å². The summed E-state index contributed by atoms with van der Waals surface area (Å²) >= 11 is 1.70. The van der Waals surface area contributed by atoms with Crippen LogP contribution in [0, 0.1) is 31.0 Å². The number of benzene rings is 1. The molecule has 140 valence electrons. The molecule has 0 fully saturated rings. The van der Waals surface area contributed by atoms with Gasteiger partial charge in [0, 0.05) is 30.0 Å². The molecule has 1 aromatic carbocycles. The molecule has 0 bridgehead atoms. The lowest BCUT2D eigenvalue weighted by atomic mass is 10.1. The Morgan fingerprint density at radius 1 is 1.35 bits per heavy atom. The molecule has 0 spiro atoms. The lowest BCUT2D eigenvalue weighted by Gasteiger charge is -2.11. The summed E-state index contributed by atoms with van der Waals surface area (Å²) in [5.41, 5.74) is 1.91. The first-order chi connectivity index (χ1) is 12.0. The third kappa shape index (κ3) is 6.53. The Morgan fingerprint density at radius 3 is 2.73 bits per heavy atom. The third-order valence-electron chi connectivity index (χ3n) is 3.63. The summed E-state index contributed by atoms with van der Waals surface area (Å²) < 4.78 is 13.8. The molecular formula is C18H23FIN5S. The fourth-order valence-corrected chi connectivity index (χ4v) is 3.14. The van der Waals surface area contributed by atoms with Gasteiger partial charge in [-0.3, -0.25) is 0 Å². The van der Waals surface area contributed by atoms with Crippen molar-refractivity contribution in [1.82, 2.24) is 15.6 Å². The highest BCUT2D eigenvalue weighted by atomic mass is 127. The molecule has 5 nitrogen and oxygen atoms in total. The SMILES string of the molecule is CCNC(=NCc1cc(C#N)ccc1F)NCCc1nc(C)c(C)s1.I. The number of hydrogen-bond acceptors (Lipinski definition) is 4. The summed E-state index contributed by atoms with van der Waals surface area (Å²) in [4.78, 5) is 10.2. The van der Waals surface area contributed by atoms with Gasteiger partial charge in [-0.15, -0.1) is 35.3 Å². The number of nitrogens with zero attached hydrogens (tertiary/aromatic N) is 3. The standard InChI is InChI=1S/C18H22FN5S.HI/c1-4-21-18(22-8-7-17-24-12(2)13(3)25-17)23-11-15-9-14(10-20)5-6-16(15)19;/h5-6,9H,4,7-8,11H2,1-3H3,(H2,21,22,23);1H. The Morgan fingerprint density at radius 2 is 2.12 bits per heavy atom. The molecule has 2 N–H and O–H groups in total. The van der Waals surface area contributed by atoms with Crippen LogP contribution in [0.25, 0.3) is 0 Å². The van der Waals surface area contributed by atoms with Gasteiger partial charge in [-0.05, 0) is 39.0 Å². The monoisotopic (exact) mass is 487 g/mol. The Kier molecular flexibility index (Phi) is 9.51. The van der Waals surface area contributed by atoms with Gasteiger partial charge in [0.1, 0.15) is 5.82 Å². The van der Waals surface area contributed by atoms with Crippen molar-refractivity contribution in [2.75, 3.05) is 13.1 Å². The zero-order valence-corrected chi connectivity index (χ0v) is 18.2. The highest BCUT2D eigenvalue weighted by Crippen LogP contribution is 2.16. The number of rotatable bonds is 6. The van der Waals surface area contributed by atoms with Crippen molar-refractivity contribution in [3.8, 4) is 6.07 Å². The van der Waals surface area contributed by atoms with Gasteiger partial charge in [0.15, 0.2) is 5.96 Å². The van der Waals surface area contributed by atoms with E-state index in [1.165, 1.54) is 23.1 Å². The van der Waals surface area contributed by atoms with Crippen LogP contribution in [0.1, 0.15) is 33.6 Å². The molecule has 0 atom stereocenters. The average molecular weight is 487 g/mol. The van der Waals surface area contributed by atoms with Gasteiger partial charge in [-0.1, -0.05) is 0 Å². The van der Waals surface area contributed by atoms with E-state index >= 15 is 0 Å². The summed E-state index contributed by atoms with van der Waals surface area (Å²) in [6.07, 6.45) is 0.808. The van der Waals surface area contributed by atoms with E-state index in [1.807, 2.05) is 19.9 Å². The smallest absolute Gasteiger partial charge is 0.191 e. The van der Waals surface area contributed by atoms with Crippen LogP contribution < -0.4 is 10.6 Å². The normalized spacial score (nSPS) is 10.8. The zero-order chi connectivity index (χ0) is 18.2. The molecular weight excluding hydrogens is 464 g/mol. The van der Waals surface area contributed by atoms with Crippen molar-refractivity contribution in [1.29, 1.82) is 5.26 Å². The molecule has 0 saturated heterocycles. The van der Waals surface area contributed by atoms with Gasteiger partial charge < -0.3 is 10.6 Å². The first kappa shape index (κ1) is 22.3. The molecule has 0 aliphatic carbocycles. The van der Waals surface area contributed by atoms with Gasteiger partial charge >= 0.3 is 0 Å². The van der Waals surface area contributed by atoms with E-state index in [-0.39, 0.29) is 36.3 Å². The molecule has 26 heavy (non-hydrogen) atoms. The Labute approximate surface area is 174 Å². The minimum atomic E-state index is -0.354. The topological polar surface area (TPSA) is 73.1 Å². The van der Waals surface area contributed by atoms with E-state index in [9.17, 15) is 4.39 Å². The fourth-order valence-electron chi connectivity index (χ4n) is 2.21. The number of aromatic nitrogens is 1. The van der Waals surface area contributed by atoms with Gasteiger partial charge in [0.05, 0.1) is 28.9 Å². The van der Waals surface area contributed by atoms with Crippen LogP contribution in [0.5, 0.6) is 0 Å². The number of halogens is 2. The highest BCUT2D eigenvalue weighted by Gasteiger charge is 2.06. The molecule has 0 aliphatic heterocycles. The molecule has 1 heterocycles. The maximum Gasteiger partial charge on any atom is 0.191 e. The molecule has 0 radical (unpaired) electrons. The van der Waals surface area contributed by atoms with E-state index in [0.29, 0.717) is 30.2 Å². The molecule has 1 aromatic heterocycles. The van der Waals surface area contributed by atoms with E-state index in [2.05, 4.69) is 27.5 Å². The lowest BCUT2D eigenvalue weighted by Crippen LogP contribution is -2.38. The summed E-state index contributed by atoms with van der Waals surface area (Å²) in [5, 5.41) is 16.4. The van der Waals surface area contributed by atoms with Gasteiger partial charge in [0.25, 0.3) is 0 Å². The largest absolute Gasteiger partial charge is 0.357 e. The first-order valence-corrected chi connectivity index (χ1v) is 8.98. The highest BCUT2D eigenvalue weighted by molar-refractivity contribution is 14.0. The van der Waals surface area contributed by atoms with Crippen molar-refractivity contribution in [2.24, 2.45) is 4.99 Å². The predicted octanol–water partition coefficient (Wildman–Crippen LogP) is 3.69. The van der Waals surface area contributed by atoms with Crippen LogP contribution >= 0.6 is 35.3 Å². The number of aryl methyl sites for hydroxylation is 2. The number of aliphatic imine (C=N–C) groups is 1. The molecule has 0 amide bonds. The van der Waals surface area contributed by atoms with E-state index in [0.717, 1.165) is 17.1 Å². The van der Waals surface area contributed by atoms with E-state index in [4.69, 9.17) is 5.26 Å². The Balaban J connectivity index is 0.00000338. The van der Waals surface area contributed by atoms with Crippen molar-refractivity contribution >= 4 is 41.3 Å². The number of hydrogen-bond donors (Lipinski definition) is 2. The fraction of sp³-hybridized carbons (Fsp3) is 0.389. The van der Waals surface area contributed by atoms with E-state index in [1.54, 1.807) is 11.3 Å². The lowest BCUT2D eigenvalue weighted by molar-refractivity contribution is 0.610. The second-order valence-corrected chi connectivity index (χ2v) is 6.83. The van der Waals surface area contributed by atoms with Gasteiger partial charge in [-0.2, -0.15) is 5.26 Å². The van der Waals surface area contributed by atoms with Gasteiger partial charge in [-0.25, -0.2) is 14.4 Å². The van der Waals surface area contributed by atoms with Crippen LogP contribution in [0.15, 0.2) is 23.2 Å². The average Bonchev–Trinajstić information content (AvgIpc) is 2.92. The second-order valence-electron chi connectivity index (χ2n) is 5.54. The molecule has 2 aromatic rings. The maximum absolute atomic E-state index is 13.8. The number of thiazole rings is 1. The minimum Gasteiger partial charge on any atom is -0.357 e. The van der Waals surface area contributed by atoms with Crippen molar-refractivity contribution in [2.45, 2.75) is 33.7 Å². The predicted molar refractivity (Wildman–Crippen MR) is 115 cm³/mol. The number of nitrogens with one attached hydrogen (secondary N) is 2. The maximum atomic E-state index is 13.8. The molecule has 0 aliphatic rings. The van der Waals surface area contributed by atoms with Crippen molar-refractivity contribution in [3.63, 3.8) is 0 Å². The van der Waals surface area contributed by atoms with Crippen LogP contribution in [0.2, 0.25) is 0 Å².